The van der Waals surface area contributed by atoms with Crippen LogP contribution in [0.1, 0.15) is 5.56 Å². The first-order chi connectivity index (χ1) is 10.0. The van der Waals surface area contributed by atoms with Crippen LogP contribution in [0, 0.1) is 0 Å². The quantitative estimate of drug-likeness (QED) is 0.448. The average Bonchev–Trinajstić information content (AvgIpc) is 2.42. The molecule has 23 heavy (non-hydrogen) atoms. The van der Waals surface area contributed by atoms with E-state index in [1.54, 1.807) is 30.3 Å². The van der Waals surface area contributed by atoms with E-state index in [4.69, 9.17) is 0 Å². The minimum atomic E-state index is -6.40. The van der Waals surface area contributed by atoms with Crippen LogP contribution in [0.25, 0.3) is 10.8 Å². The van der Waals surface area contributed by atoms with Gasteiger partial charge in [0.2, 0.25) is 0 Å². The summed E-state index contributed by atoms with van der Waals surface area (Å²) < 4.78 is 86.5. The number of ether oxygens (including phenoxy) is 1. The van der Waals surface area contributed by atoms with Crippen LogP contribution >= 0.6 is 0 Å². The maximum absolute atomic E-state index is 13.6. The van der Waals surface area contributed by atoms with Gasteiger partial charge in [-0.3, -0.25) is 0 Å². The Labute approximate surface area is 141 Å². The Morgan fingerprint density at radius 1 is 1.00 bits per heavy atom. The number of benzene rings is 2. The van der Waals surface area contributed by atoms with E-state index >= 15 is 0 Å². The Bertz CT molecular complexity index is 794. The van der Waals surface area contributed by atoms with Crippen molar-refractivity contribution in [2.75, 3.05) is 0 Å². The summed E-state index contributed by atoms with van der Waals surface area (Å²) in [6, 6.07) is 11.1. The molecule has 0 N–H and O–H groups in total. The molecule has 0 aliphatic heterocycles. The zero-order valence-corrected chi connectivity index (χ0v) is 12.6. The van der Waals surface area contributed by atoms with Crippen molar-refractivity contribution in [3.05, 3.63) is 48.0 Å². The molecule has 0 saturated carbocycles. The van der Waals surface area contributed by atoms with Gasteiger partial charge in [0.05, 0.1) is 6.61 Å². The molecule has 0 aliphatic rings. The fourth-order valence-corrected chi connectivity index (χ4v) is 2.29. The van der Waals surface area contributed by atoms with Crippen molar-refractivity contribution in [2.24, 2.45) is 0 Å². The zero-order chi connectivity index (χ0) is 16.6. The summed E-state index contributed by atoms with van der Waals surface area (Å²) >= 11 is 0. The predicted molar refractivity (Wildman–Crippen MR) is 68.3 cm³/mol. The van der Waals surface area contributed by atoms with Crippen LogP contribution in [0.15, 0.2) is 42.5 Å². The normalized spacial score (nSPS) is 15.0. The van der Waals surface area contributed by atoms with Crippen molar-refractivity contribution in [1.82, 2.24) is 0 Å². The molecule has 2 aromatic carbocycles. The summed E-state index contributed by atoms with van der Waals surface area (Å²) in [6.45, 7) is -1.03. The summed E-state index contributed by atoms with van der Waals surface area (Å²) in [4.78, 5) is 0. The Kier molecular flexibility index (Phi) is 5.88. The minimum Gasteiger partial charge on any atom is -0.743 e. The molecule has 1 unspecified atom stereocenters. The van der Waals surface area contributed by atoms with Gasteiger partial charge < -0.3 is 9.29 Å². The molecule has 0 bridgehead atoms. The zero-order valence-electron chi connectivity index (χ0n) is 11.8. The topological polar surface area (TPSA) is 66.4 Å². The predicted octanol–water partition coefficient (Wildman–Crippen LogP) is 0.0912. The average molecular weight is 344 g/mol. The molecule has 10 heteroatoms. The van der Waals surface area contributed by atoms with Crippen LogP contribution in [-0.2, 0) is 21.5 Å². The van der Waals surface area contributed by atoms with Crippen LogP contribution < -0.4 is 18.9 Å². The third-order valence-corrected chi connectivity index (χ3v) is 3.89. The van der Waals surface area contributed by atoms with E-state index < -0.39 is 28.1 Å². The van der Waals surface area contributed by atoms with Gasteiger partial charge in [0.1, 0.15) is 0 Å². The molecule has 120 valence electrons. The molecular weight excluding hydrogens is 335 g/mol. The molecule has 0 aliphatic carbocycles. The number of alkyl halides is 4. The third-order valence-electron chi connectivity index (χ3n) is 2.90. The number of hydrogen-bond acceptors (Lipinski definition) is 4. The molecule has 0 heterocycles. The Hall–Kier alpha value is -1.11. The number of hydrogen-bond donors (Lipinski definition) is 0. The second-order valence-electron chi connectivity index (χ2n) is 4.46. The molecule has 0 fully saturated rings. The number of rotatable bonds is 4. The van der Waals surface area contributed by atoms with E-state index in [0.717, 1.165) is 5.39 Å². The van der Waals surface area contributed by atoms with Gasteiger partial charge in [-0.1, -0.05) is 36.4 Å². The molecule has 0 radical (unpaired) electrons. The largest absolute Gasteiger partial charge is 1.00 e. The van der Waals surface area contributed by atoms with Crippen molar-refractivity contribution in [3.63, 3.8) is 0 Å². The van der Waals surface area contributed by atoms with Gasteiger partial charge in [-0.2, -0.15) is 17.6 Å². The van der Waals surface area contributed by atoms with Gasteiger partial charge >= 0.3 is 30.2 Å². The van der Waals surface area contributed by atoms with E-state index in [0.29, 0.717) is 5.39 Å². The summed E-state index contributed by atoms with van der Waals surface area (Å²) in [5.74, 6) is 0. The molecule has 2 rings (SSSR count). The van der Waals surface area contributed by atoms with Crippen molar-refractivity contribution >= 4 is 20.9 Å². The van der Waals surface area contributed by atoms with E-state index in [1.165, 1.54) is 12.1 Å². The third kappa shape index (κ3) is 4.05. The molecular formula is C13H9F4LiO4S. The maximum atomic E-state index is 13.6. The van der Waals surface area contributed by atoms with E-state index in [-0.39, 0.29) is 24.4 Å². The van der Waals surface area contributed by atoms with Crippen LogP contribution in [0.2, 0.25) is 0 Å². The first-order valence-corrected chi connectivity index (χ1v) is 7.28. The van der Waals surface area contributed by atoms with Crippen LogP contribution in [-0.4, -0.2) is 24.3 Å². The second kappa shape index (κ2) is 6.79. The van der Waals surface area contributed by atoms with E-state index in [2.05, 4.69) is 4.74 Å². The van der Waals surface area contributed by atoms with Crippen LogP contribution in [0.4, 0.5) is 17.6 Å². The number of fused-ring (bicyclic) bond motifs is 1. The van der Waals surface area contributed by atoms with Crippen molar-refractivity contribution in [3.8, 4) is 0 Å². The Balaban J connectivity index is 0.00000264. The Morgan fingerprint density at radius 3 is 2.09 bits per heavy atom. The fourth-order valence-electron chi connectivity index (χ4n) is 1.80. The minimum absolute atomic E-state index is 0. The molecule has 0 amide bonds. The van der Waals surface area contributed by atoms with Gasteiger partial charge in [-0.15, -0.1) is 0 Å². The maximum Gasteiger partial charge on any atom is 1.00 e. The molecule has 4 nitrogen and oxygen atoms in total. The first-order valence-electron chi connectivity index (χ1n) is 5.87. The second-order valence-corrected chi connectivity index (χ2v) is 5.89. The molecule has 0 spiro atoms. The standard InChI is InChI=1S/C13H10F4O4S.Li/c14-12(15,16)13(17,22(18,19)20)21-8-9-5-6-10-3-1-2-4-11(10)7-9;/h1-7H,8H2,(H,18,19,20);/q;+1/p-1. The summed E-state index contributed by atoms with van der Waals surface area (Å²) in [5, 5.41) is -3.86. The van der Waals surface area contributed by atoms with E-state index in [1.807, 2.05) is 0 Å². The SMILES string of the molecule is O=S(=O)([O-])C(F)(OCc1ccc2ccccc2c1)C(F)(F)F.[Li+]. The van der Waals surface area contributed by atoms with Gasteiger partial charge in [0.25, 0.3) is 0 Å². The fraction of sp³-hybridized carbons (Fsp3) is 0.231. The van der Waals surface area contributed by atoms with Crippen molar-refractivity contribution in [1.29, 1.82) is 0 Å². The monoisotopic (exact) mass is 344 g/mol. The molecule has 2 aromatic rings. The molecule has 0 aromatic heterocycles. The van der Waals surface area contributed by atoms with Crippen molar-refractivity contribution in [2.45, 2.75) is 18.0 Å². The van der Waals surface area contributed by atoms with Gasteiger partial charge in [-0.25, -0.2) is 8.42 Å². The summed E-state index contributed by atoms with van der Waals surface area (Å²) in [6.07, 6.45) is -6.00. The smallest absolute Gasteiger partial charge is 0.743 e. The summed E-state index contributed by atoms with van der Waals surface area (Å²) in [7, 11) is -6.40. The van der Waals surface area contributed by atoms with Crippen LogP contribution in [0.5, 0.6) is 0 Å². The number of halogens is 4. The van der Waals surface area contributed by atoms with Gasteiger partial charge in [0, 0.05) is 0 Å². The van der Waals surface area contributed by atoms with E-state index in [9.17, 15) is 30.5 Å². The van der Waals surface area contributed by atoms with Gasteiger partial charge in [-0.05, 0) is 22.4 Å². The summed E-state index contributed by atoms with van der Waals surface area (Å²) in [5.41, 5.74) is 0.0913. The Morgan fingerprint density at radius 2 is 1.57 bits per heavy atom. The van der Waals surface area contributed by atoms with Crippen LogP contribution in [0.3, 0.4) is 0 Å². The molecule has 1 atom stereocenters. The first kappa shape index (κ1) is 19.9. The van der Waals surface area contributed by atoms with Crippen molar-refractivity contribution < 1.29 is 54.1 Å². The van der Waals surface area contributed by atoms with Gasteiger partial charge in [0.15, 0.2) is 10.1 Å². The molecule has 0 saturated heterocycles.